The van der Waals surface area contributed by atoms with Crippen molar-refractivity contribution in [2.75, 3.05) is 19.0 Å². The van der Waals surface area contributed by atoms with Crippen LogP contribution >= 0.6 is 23.2 Å². The molecule has 1 atom stereocenters. The van der Waals surface area contributed by atoms with E-state index >= 15 is 0 Å². The topological polar surface area (TPSA) is 72.0 Å². The van der Waals surface area contributed by atoms with E-state index in [1.165, 1.54) is 7.11 Å². The highest BCUT2D eigenvalue weighted by Gasteiger charge is 2.24. The number of carbonyl (C=O) groups excluding carboxylic acids is 2. The first-order valence-electron chi connectivity index (χ1n) is 8.21. The number of quaternary nitrogens is 1. The van der Waals surface area contributed by atoms with E-state index in [1.54, 1.807) is 18.2 Å². The zero-order valence-electron chi connectivity index (χ0n) is 14.4. The summed E-state index contributed by atoms with van der Waals surface area (Å²) in [4.78, 5) is 24.0. The molecule has 26 heavy (non-hydrogen) atoms. The number of hydrogen-bond acceptors (Lipinski definition) is 3. The lowest BCUT2D eigenvalue weighted by Gasteiger charge is -2.16. The maximum Gasteiger partial charge on any atom is 0.305 e. The van der Waals surface area contributed by atoms with Crippen molar-refractivity contribution in [2.45, 2.75) is 18.9 Å². The summed E-state index contributed by atoms with van der Waals surface area (Å²) >= 11 is 12.0. The normalized spacial score (nSPS) is 11.7. The van der Waals surface area contributed by atoms with Gasteiger partial charge in [-0.15, -0.1) is 0 Å². The molecule has 5 nitrogen and oxygen atoms in total. The van der Waals surface area contributed by atoms with Crippen molar-refractivity contribution in [3.8, 4) is 0 Å². The zero-order valence-corrected chi connectivity index (χ0v) is 15.9. The molecule has 0 fully saturated rings. The standard InChI is InChI=1S/C19H20Cl2N2O3/c1-26-17(24)8-5-9-22-18(13-6-3-2-4-7-13)19(25)23-16-11-14(20)10-15(21)12-16/h2-4,6-7,10-12,18,22H,5,8-9H2,1H3,(H,23,25)/p+1/t18-/m0/s1. The minimum Gasteiger partial charge on any atom is -0.469 e. The lowest BCUT2D eigenvalue weighted by molar-refractivity contribution is -0.682. The monoisotopic (exact) mass is 395 g/mol. The summed E-state index contributed by atoms with van der Waals surface area (Å²) in [6.07, 6.45) is 0.937. The van der Waals surface area contributed by atoms with Gasteiger partial charge in [0.1, 0.15) is 0 Å². The van der Waals surface area contributed by atoms with Gasteiger partial charge in [-0.3, -0.25) is 9.59 Å². The Hall–Kier alpha value is -2.08. The molecule has 0 spiro atoms. The highest BCUT2D eigenvalue weighted by atomic mass is 35.5. The molecular formula is C19H21Cl2N2O3+. The number of amides is 1. The number of anilines is 1. The van der Waals surface area contributed by atoms with Crippen LogP contribution in [-0.4, -0.2) is 25.5 Å². The second-order valence-electron chi connectivity index (χ2n) is 5.74. The van der Waals surface area contributed by atoms with Gasteiger partial charge in [-0.1, -0.05) is 53.5 Å². The summed E-state index contributed by atoms with van der Waals surface area (Å²) in [6, 6.07) is 13.9. The number of carbonyl (C=O) groups is 2. The number of rotatable bonds is 8. The number of benzene rings is 2. The fourth-order valence-electron chi connectivity index (χ4n) is 2.53. The predicted molar refractivity (Wildman–Crippen MR) is 102 cm³/mol. The first kappa shape index (κ1) is 20.2. The maximum absolute atomic E-state index is 12.8. The van der Waals surface area contributed by atoms with Crippen molar-refractivity contribution in [1.82, 2.24) is 0 Å². The Balaban J connectivity index is 2.07. The van der Waals surface area contributed by atoms with Crippen LogP contribution in [-0.2, 0) is 14.3 Å². The fourth-order valence-corrected chi connectivity index (χ4v) is 3.06. The van der Waals surface area contributed by atoms with E-state index in [9.17, 15) is 9.59 Å². The molecule has 138 valence electrons. The largest absolute Gasteiger partial charge is 0.469 e. The first-order valence-corrected chi connectivity index (χ1v) is 8.97. The van der Waals surface area contributed by atoms with Crippen molar-refractivity contribution in [1.29, 1.82) is 0 Å². The number of esters is 1. The van der Waals surface area contributed by atoms with Gasteiger partial charge in [-0.2, -0.15) is 0 Å². The van der Waals surface area contributed by atoms with E-state index in [2.05, 4.69) is 10.1 Å². The lowest BCUT2D eigenvalue weighted by atomic mass is 10.1. The van der Waals surface area contributed by atoms with Gasteiger partial charge in [0.2, 0.25) is 0 Å². The van der Waals surface area contributed by atoms with Gasteiger partial charge in [0.25, 0.3) is 5.91 Å². The van der Waals surface area contributed by atoms with Crippen molar-refractivity contribution < 1.29 is 19.6 Å². The summed E-state index contributed by atoms with van der Waals surface area (Å²) in [5.74, 6) is -0.444. The van der Waals surface area contributed by atoms with Crippen LogP contribution in [0.4, 0.5) is 5.69 Å². The molecule has 0 aliphatic rings. The first-order chi connectivity index (χ1) is 12.5. The summed E-state index contributed by atoms with van der Waals surface area (Å²) in [6.45, 7) is 0.610. The SMILES string of the molecule is COC(=O)CCC[NH2+][C@H](C(=O)Nc1cc(Cl)cc(Cl)c1)c1ccccc1. The molecule has 0 aromatic heterocycles. The van der Waals surface area contributed by atoms with Gasteiger partial charge in [0.15, 0.2) is 6.04 Å². The Bertz CT molecular complexity index is 733. The summed E-state index contributed by atoms with van der Waals surface area (Å²) in [7, 11) is 1.36. The van der Waals surface area contributed by atoms with Crippen molar-refractivity contribution >= 4 is 40.8 Å². The number of halogens is 2. The molecule has 2 rings (SSSR count). The van der Waals surface area contributed by atoms with Gasteiger partial charge in [0.05, 0.1) is 20.1 Å². The third-order valence-electron chi connectivity index (χ3n) is 3.79. The predicted octanol–water partition coefficient (Wildman–Crippen LogP) is 3.19. The smallest absolute Gasteiger partial charge is 0.305 e. The van der Waals surface area contributed by atoms with E-state index < -0.39 is 6.04 Å². The second kappa shape index (κ2) is 10.2. The minimum absolute atomic E-state index is 0.187. The molecule has 0 radical (unpaired) electrons. The van der Waals surface area contributed by atoms with E-state index in [1.807, 2.05) is 35.6 Å². The molecule has 0 saturated heterocycles. The molecule has 0 unspecified atom stereocenters. The van der Waals surface area contributed by atoms with E-state index in [0.29, 0.717) is 35.1 Å². The average Bonchev–Trinajstić information content (AvgIpc) is 2.61. The number of hydrogen-bond donors (Lipinski definition) is 2. The summed E-state index contributed by atoms with van der Waals surface area (Å²) < 4.78 is 4.63. The number of nitrogens with one attached hydrogen (secondary N) is 1. The van der Waals surface area contributed by atoms with Gasteiger partial charge in [0, 0.05) is 27.7 Å². The molecule has 2 aromatic rings. The fraction of sp³-hybridized carbons (Fsp3) is 0.263. The lowest BCUT2D eigenvalue weighted by Crippen LogP contribution is -2.87. The van der Waals surface area contributed by atoms with Gasteiger partial charge >= 0.3 is 5.97 Å². The van der Waals surface area contributed by atoms with Gasteiger partial charge < -0.3 is 15.4 Å². The Kier molecular flexibility index (Phi) is 7.91. The van der Waals surface area contributed by atoms with Crippen LogP contribution in [0.25, 0.3) is 0 Å². The van der Waals surface area contributed by atoms with Crippen LogP contribution in [0.2, 0.25) is 10.0 Å². The Morgan fingerprint density at radius 2 is 1.77 bits per heavy atom. The maximum atomic E-state index is 12.8. The van der Waals surface area contributed by atoms with E-state index in [0.717, 1.165) is 5.56 Å². The van der Waals surface area contributed by atoms with Crippen LogP contribution in [0.1, 0.15) is 24.4 Å². The van der Waals surface area contributed by atoms with Crippen LogP contribution in [0, 0.1) is 0 Å². The van der Waals surface area contributed by atoms with Crippen LogP contribution < -0.4 is 10.6 Å². The third kappa shape index (κ3) is 6.33. The van der Waals surface area contributed by atoms with Crippen LogP contribution in [0.5, 0.6) is 0 Å². The molecule has 1 amide bonds. The average molecular weight is 396 g/mol. The molecular weight excluding hydrogens is 375 g/mol. The highest BCUT2D eigenvalue weighted by Crippen LogP contribution is 2.23. The van der Waals surface area contributed by atoms with Gasteiger partial charge in [-0.05, 0) is 18.2 Å². The Morgan fingerprint density at radius 1 is 1.12 bits per heavy atom. The molecule has 0 heterocycles. The third-order valence-corrected chi connectivity index (χ3v) is 4.22. The molecule has 2 aromatic carbocycles. The molecule has 0 bridgehead atoms. The minimum atomic E-state index is -0.452. The Morgan fingerprint density at radius 3 is 2.38 bits per heavy atom. The molecule has 0 aliphatic heterocycles. The van der Waals surface area contributed by atoms with Gasteiger partial charge in [-0.25, -0.2) is 0 Å². The van der Waals surface area contributed by atoms with E-state index in [-0.39, 0.29) is 11.9 Å². The van der Waals surface area contributed by atoms with E-state index in [4.69, 9.17) is 23.2 Å². The molecule has 3 N–H and O–H groups in total. The van der Waals surface area contributed by atoms with Crippen LogP contribution in [0.3, 0.4) is 0 Å². The van der Waals surface area contributed by atoms with Crippen LogP contribution in [0.15, 0.2) is 48.5 Å². The highest BCUT2D eigenvalue weighted by molar-refractivity contribution is 6.35. The van der Waals surface area contributed by atoms with Crippen molar-refractivity contribution in [2.24, 2.45) is 0 Å². The van der Waals surface area contributed by atoms with Crippen molar-refractivity contribution in [3.05, 3.63) is 64.1 Å². The number of nitrogens with two attached hydrogens (primary N) is 1. The quantitative estimate of drug-likeness (QED) is 0.532. The Labute approximate surface area is 162 Å². The van der Waals surface area contributed by atoms with Crippen molar-refractivity contribution in [3.63, 3.8) is 0 Å². The second-order valence-corrected chi connectivity index (χ2v) is 6.61. The molecule has 7 heteroatoms. The zero-order chi connectivity index (χ0) is 18.9. The number of methoxy groups -OCH3 is 1. The molecule has 0 saturated carbocycles. The summed E-state index contributed by atoms with van der Waals surface area (Å²) in [5.41, 5.74) is 1.41. The number of ether oxygens (including phenoxy) is 1. The summed E-state index contributed by atoms with van der Waals surface area (Å²) in [5, 5.41) is 5.66. The molecule has 0 aliphatic carbocycles.